The summed E-state index contributed by atoms with van der Waals surface area (Å²) in [5.74, 6) is 1.74. The minimum atomic E-state index is 0.169. The summed E-state index contributed by atoms with van der Waals surface area (Å²) in [7, 11) is 0. The predicted molar refractivity (Wildman–Crippen MR) is 102 cm³/mol. The van der Waals surface area contributed by atoms with Crippen molar-refractivity contribution >= 4 is 5.96 Å². The van der Waals surface area contributed by atoms with Crippen LogP contribution in [0.1, 0.15) is 41.5 Å². The molecule has 1 rings (SSSR count). The van der Waals surface area contributed by atoms with E-state index in [4.69, 9.17) is 10.2 Å². The molecule has 0 saturated heterocycles. The van der Waals surface area contributed by atoms with E-state index in [1.807, 2.05) is 0 Å². The van der Waals surface area contributed by atoms with Crippen LogP contribution in [0.25, 0.3) is 0 Å². The maximum absolute atomic E-state index is 8.65. The second-order valence-corrected chi connectivity index (χ2v) is 5.33. The first-order valence-electron chi connectivity index (χ1n) is 9.08. The standard InChI is InChI=1S/C13H30N3.C6H6O2/c1-7-14(8-2)13(15(9-3)10-4)16(11-5)12-6;7-5-1-2-6(8)4-3-5/h7-12H2,1-6H3;1-4,7-8H/q+1;. The van der Waals surface area contributed by atoms with E-state index in [1.54, 1.807) is 0 Å². The number of nitrogens with zero attached hydrogens (tertiary/aromatic N) is 3. The highest BCUT2D eigenvalue weighted by Gasteiger charge is 2.24. The van der Waals surface area contributed by atoms with Crippen LogP contribution in [-0.4, -0.2) is 69.8 Å². The highest BCUT2D eigenvalue weighted by atomic mass is 16.3. The van der Waals surface area contributed by atoms with Crippen LogP contribution in [0.4, 0.5) is 0 Å². The molecule has 0 aliphatic carbocycles. The van der Waals surface area contributed by atoms with Crippen LogP contribution >= 0.6 is 0 Å². The molecule has 0 unspecified atom stereocenters. The van der Waals surface area contributed by atoms with E-state index in [-0.39, 0.29) is 11.5 Å². The zero-order chi connectivity index (χ0) is 18.5. The van der Waals surface area contributed by atoms with Crippen LogP contribution in [0.5, 0.6) is 11.5 Å². The molecule has 0 bridgehead atoms. The largest absolute Gasteiger partial charge is 0.508 e. The van der Waals surface area contributed by atoms with Gasteiger partial charge in [0.15, 0.2) is 0 Å². The Labute approximate surface area is 147 Å². The maximum Gasteiger partial charge on any atom is 0.350 e. The van der Waals surface area contributed by atoms with Gasteiger partial charge >= 0.3 is 5.96 Å². The summed E-state index contributed by atoms with van der Waals surface area (Å²) in [6, 6.07) is 5.70. The van der Waals surface area contributed by atoms with Crippen LogP contribution in [0, 0.1) is 0 Å². The van der Waals surface area contributed by atoms with Crippen molar-refractivity contribution < 1.29 is 14.8 Å². The van der Waals surface area contributed by atoms with Gasteiger partial charge in [-0.25, -0.2) is 0 Å². The molecule has 0 spiro atoms. The Morgan fingerprint density at radius 1 is 0.708 bits per heavy atom. The summed E-state index contributed by atoms with van der Waals surface area (Å²) in [6.45, 7) is 19.9. The highest BCUT2D eigenvalue weighted by molar-refractivity contribution is 5.75. The molecule has 0 heterocycles. The topological polar surface area (TPSA) is 50.0 Å². The molecule has 0 aliphatic rings. The van der Waals surface area contributed by atoms with Crippen LogP contribution < -0.4 is 0 Å². The van der Waals surface area contributed by atoms with Crippen LogP contribution in [0.3, 0.4) is 0 Å². The van der Waals surface area contributed by atoms with E-state index in [0.717, 1.165) is 39.3 Å². The Morgan fingerprint density at radius 3 is 1.21 bits per heavy atom. The summed E-state index contributed by atoms with van der Waals surface area (Å²) >= 11 is 0. The summed E-state index contributed by atoms with van der Waals surface area (Å²) in [5, 5.41) is 17.3. The van der Waals surface area contributed by atoms with Crippen LogP contribution in [0.2, 0.25) is 0 Å². The molecule has 5 heteroatoms. The van der Waals surface area contributed by atoms with E-state index < -0.39 is 0 Å². The quantitative estimate of drug-likeness (QED) is 0.362. The molecular weight excluding hydrogens is 302 g/mol. The van der Waals surface area contributed by atoms with Crippen molar-refractivity contribution in [1.82, 2.24) is 9.80 Å². The van der Waals surface area contributed by atoms with Gasteiger partial charge < -0.3 is 10.2 Å². The van der Waals surface area contributed by atoms with Gasteiger partial charge in [-0.1, -0.05) is 0 Å². The minimum absolute atomic E-state index is 0.169. The van der Waals surface area contributed by atoms with Crippen molar-refractivity contribution in [2.75, 3.05) is 39.3 Å². The second kappa shape index (κ2) is 12.5. The Morgan fingerprint density at radius 2 is 1.00 bits per heavy atom. The molecule has 138 valence electrons. The molecule has 0 radical (unpaired) electrons. The van der Waals surface area contributed by atoms with Crippen LogP contribution in [-0.2, 0) is 0 Å². The first-order valence-corrected chi connectivity index (χ1v) is 9.08. The molecule has 1 aromatic rings. The number of phenols is 2. The number of hydrogen-bond acceptors (Lipinski definition) is 2. The van der Waals surface area contributed by atoms with Gasteiger partial charge in [0.25, 0.3) is 0 Å². The average molecular weight is 339 g/mol. The molecule has 24 heavy (non-hydrogen) atoms. The van der Waals surface area contributed by atoms with Gasteiger partial charge in [-0.15, -0.1) is 0 Å². The second-order valence-electron chi connectivity index (χ2n) is 5.33. The molecule has 5 nitrogen and oxygen atoms in total. The first kappa shape index (κ1) is 22.1. The molecule has 0 amide bonds. The molecule has 0 aromatic heterocycles. The molecular formula is C19H36N3O2+. The lowest BCUT2D eigenvalue weighted by molar-refractivity contribution is -0.531. The van der Waals surface area contributed by atoms with E-state index in [2.05, 4.69) is 55.9 Å². The van der Waals surface area contributed by atoms with E-state index in [1.165, 1.54) is 30.2 Å². The third-order valence-corrected chi connectivity index (χ3v) is 3.99. The molecule has 0 atom stereocenters. The van der Waals surface area contributed by atoms with Crippen molar-refractivity contribution in [3.63, 3.8) is 0 Å². The van der Waals surface area contributed by atoms with Crippen molar-refractivity contribution in [2.24, 2.45) is 0 Å². The zero-order valence-corrected chi connectivity index (χ0v) is 16.3. The van der Waals surface area contributed by atoms with E-state index in [9.17, 15) is 0 Å². The summed E-state index contributed by atoms with van der Waals surface area (Å²) in [4.78, 5) is 4.92. The van der Waals surface area contributed by atoms with Crippen LogP contribution in [0.15, 0.2) is 24.3 Å². The number of aromatic hydroxyl groups is 2. The Kier molecular flexibility index (Phi) is 11.5. The Bertz CT molecular complexity index is 423. The van der Waals surface area contributed by atoms with Crippen molar-refractivity contribution in [3.05, 3.63) is 24.3 Å². The third kappa shape index (κ3) is 7.11. The fraction of sp³-hybridized carbons (Fsp3) is 0.632. The normalized spacial score (nSPS) is 9.75. The number of guanidine groups is 1. The van der Waals surface area contributed by atoms with Gasteiger partial charge in [0.2, 0.25) is 0 Å². The van der Waals surface area contributed by atoms with Gasteiger partial charge in [-0.2, -0.15) is 0 Å². The monoisotopic (exact) mass is 338 g/mol. The van der Waals surface area contributed by atoms with E-state index in [0.29, 0.717) is 0 Å². The Balaban J connectivity index is 0.000000546. The lowest BCUT2D eigenvalue weighted by Gasteiger charge is -2.27. The predicted octanol–water partition coefficient (Wildman–Crippen LogP) is 3.18. The Hall–Kier alpha value is -1.91. The van der Waals surface area contributed by atoms with Crippen molar-refractivity contribution in [3.8, 4) is 11.5 Å². The lowest BCUT2D eigenvalue weighted by atomic mass is 10.3. The third-order valence-electron chi connectivity index (χ3n) is 3.99. The fourth-order valence-electron chi connectivity index (χ4n) is 2.57. The number of hydrogen-bond donors (Lipinski definition) is 2. The first-order chi connectivity index (χ1) is 11.5. The average Bonchev–Trinajstić information content (AvgIpc) is 2.61. The smallest absolute Gasteiger partial charge is 0.350 e. The fourth-order valence-corrected chi connectivity index (χ4v) is 2.57. The minimum Gasteiger partial charge on any atom is -0.508 e. The van der Waals surface area contributed by atoms with Gasteiger partial charge in [-0.3, -0.25) is 14.4 Å². The van der Waals surface area contributed by atoms with Gasteiger partial charge in [0.1, 0.15) is 11.5 Å². The molecule has 0 fully saturated rings. The molecule has 1 aromatic carbocycles. The van der Waals surface area contributed by atoms with Crippen molar-refractivity contribution in [2.45, 2.75) is 41.5 Å². The number of benzene rings is 1. The lowest BCUT2D eigenvalue weighted by Crippen LogP contribution is -2.49. The van der Waals surface area contributed by atoms with Gasteiger partial charge in [0.05, 0.1) is 39.3 Å². The summed E-state index contributed by atoms with van der Waals surface area (Å²) in [6.07, 6.45) is 0. The molecule has 0 aliphatic heterocycles. The SMILES string of the molecule is CCN(CC)C(N(CC)CC)=[N+](CC)CC.Oc1ccc(O)cc1. The van der Waals surface area contributed by atoms with Gasteiger partial charge in [-0.05, 0) is 65.8 Å². The zero-order valence-electron chi connectivity index (χ0n) is 16.3. The van der Waals surface area contributed by atoms with Gasteiger partial charge in [0, 0.05) is 0 Å². The number of phenolic OH excluding ortho intramolecular Hbond substituents is 2. The highest BCUT2D eigenvalue weighted by Crippen LogP contribution is 2.13. The number of rotatable bonds is 6. The maximum atomic E-state index is 8.65. The molecule has 2 N–H and O–H groups in total. The molecule has 0 saturated carbocycles. The summed E-state index contributed by atoms with van der Waals surface area (Å²) in [5.41, 5.74) is 0. The summed E-state index contributed by atoms with van der Waals surface area (Å²) < 4.78 is 2.46. The van der Waals surface area contributed by atoms with E-state index >= 15 is 0 Å². The van der Waals surface area contributed by atoms with Crippen molar-refractivity contribution in [1.29, 1.82) is 0 Å².